The largest absolute Gasteiger partial charge is 0.497 e. The fourth-order valence-electron chi connectivity index (χ4n) is 3.57. The van der Waals surface area contributed by atoms with Crippen molar-refractivity contribution in [3.05, 3.63) is 46.2 Å². The molecule has 0 radical (unpaired) electrons. The first-order valence-corrected chi connectivity index (χ1v) is 10.3. The van der Waals surface area contributed by atoms with Crippen molar-refractivity contribution in [1.29, 1.82) is 0 Å². The number of nitrogens with one attached hydrogen (secondary N) is 1. The van der Waals surface area contributed by atoms with Gasteiger partial charge in [-0.05, 0) is 67.6 Å². The van der Waals surface area contributed by atoms with E-state index in [9.17, 15) is 4.79 Å². The van der Waals surface area contributed by atoms with E-state index in [1.807, 2.05) is 18.2 Å². The number of likely N-dealkylation sites (tertiary alicyclic amines) is 1. The molecule has 0 aliphatic carbocycles. The van der Waals surface area contributed by atoms with Gasteiger partial charge in [0.2, 0.25) is 5.91 Å². The summed E-state index contributed by atoms with van der Waals surface area (Å²) in [5, 5.41) is 5.24. The van der Waals surface area contributed by atoms with Crippen molar-refractivity contribution in [2.75, 3.05) is 33.9 Å². The van der Waals surface area contributed by atoms with E-state index in [1.54, 1.807) is 25.6 Å². The molecule has 27 heavy (non-hydrogen) atoms. The lowest BCUT2D eigenvalue weighted by atomic mass is 10.1. The highest BCUT2D eigenvalue weighted by molar-refractivity contribution is 7.10. The van der Waals surface area contributed by atoms with Gasteiger partial charge in [0.1, 0.15) is 11.5 Å². The van der Waals surface area contributed by atoms with Crippen LogP contribution in [0.5, 0.6) is 11.5 Å². The van der Waals surface area contributed by atoms with E-state index in [-0.39, 0.29) is 11.9 Å². The van der Waals surface area contributed by atoms with Crippen molar-refractivity contribution in [3.63, 3.8) is 0 Å². The minimum Gasteiger partial charge on any atom is -0.497 e. The highest BCUT2D eigenvalue weighted by Crippen LogP contribution is 2.28. The van der Waals surface area contributed by atoms with Gasteiger partial charge in [-0.1, -0.05) is 6.07 Å². The molecule has 1 amide bonds. The number of hydrogen-bond acceptors (Lipinski definition) is 5. The molecule has 6 heteroatoms. The summed E-state index contributed by atoms with van der Waals surface area (Å²) in [6.45, 7) is 2.88. The van der Waals surface area contributed by atoms with Crippen LogP contribution in [-0.4, -0.2) is 44.7 Å². The molecule has 1 atom stereocenters. The van der Waals surface area contributed by atoms with Gasteiger partial charge in [0, 0.05) is 17.8 Å². The summed E-state index contributed by atoms with van der Waals surface area (Å²) in [7, 11) is 3.29. The van der Waals surface area contributed by atoms with Gasteiger partial charge >= 0.3 is 0 Å². The van der Waals surface area contributed by atoms with Gasteiger partial charge in [-0.15, -0.1) is 11.3 Å². The van der Waals surface area contributed by atoms with E-state index >= 15 is 0 Å². The summed E-state index contributed by atoms with van der Waals surface area (Å²) in [5.74, 6) is 1.63. The summed E-state index contributed by atoms with van der Waals surface area (Å²) in [6.07, 6.45) is 3.54. The lowest BCUT2D eigenvalue weighted by Gasteiger charge is -2.27. The van der Waals surface area contributed by atoms with Crippen molar-refractivity contribution in [1.82, 2.24) is 10.2 Å². The van der Waals surface area contributed by atoms with E-state index in [0.29, 0.717) is 19.4 Å². The maximum absolute atomic E-state index is 12.5. The summed E-state index contributed by atoms with van der Waals surface area (Å²) in [6, 6.07) is 10.2. The maximum atomic E-state index is 12.5. The first-order valence-electron chi connectivity index (χ1n) is 9.46. The van der Waals surface area contributed by atoms with Crippen LogP contribution in [0.2, 0.25) is 0 Å². The molecule has 0 bridgehead atoms. The van der Waals surface area contributed by atoms with Gasteiger partial charge < -0.3 is 14.8 Å². The van der Waals surface area contributed by atoms with E-state index in [1.165, 1.54) is 17.7 Å². The minimum absolute atomic E-state index is 0.0700. The van der Waals surface area contributed by atoms with Crippen LogP contribution in [-0.2, 0) is 11.2 Å². The van der Waals surface area contributed by atoms with Crippen molar-refractivity contribution in [3.8, 4) is 11.5 Å². The Balaban J connectivity index is 1.55. The number of carbonyl (C=O) groups is 1. The van der Waals surface area contributed by atoms with Crippen LogP contribution in [0, 0.1) is 0 Å². The smallest absolute Gasteiger partial charge is 0.220 e. The van der Waals surface area contributed by atoms with Crippen LogP contribution in [0.1, 0.15) is 35.7 Å². The summed E-state index contributed by atoms with van der Waals surface area (Å²) < 4.78 is 10.7. The van der Waals surface area contributed by atoms with Crippen LogP contribution in [0.25, 0.3) is 0 Å². The maximum Gasteiger partial charge on any atom is 0.220 e. The second-order valence-corrected chi connectivity index (χ2v) is 7.74. The molecule has 0 spiro atoms. The Morgan fingerprint density at radius 1 is 1.22 bits per heavy atom. The second kappa shape index (κ2) is 9.76. The molecule has 1 fully saturated rings. The average molecular weight is 389 g/mol. The molecule has 1 saturated heterocycles. The van der Waals surface area contributed by atoms with E-state index < -0.39 is 0 Å². The zero-order valence-corrected chi connectivity index (χ0v) is 16.9. The Morgan fingerprint density at radius 3 is 2.70 bits per heavy atom. The topological polar surface area (TPSA) is 50.8 Å². The molecule has 2 aromatic rings. The van der Waals surface area contributed by atoms with Crippen LogP contribution in [0.4, 0.5) is 0 Å². The summed E-state index contributed by atoms with van der Waals surface area (Å²) in [5.41, 5.74) is 0.987. The molecule has 2 heterocycles. The fraction of sp³-hybridized carbons (Fsp3) is 0.476. The SMILES string of the molecule is COc1ccc(OC)c(CCC(=O)NCC(c2cccs2)N2CCCC2)c1. The molecule has 0 saturated carbocycles. The van der Waals surface area contributed by atoms with Gasteiger partial charge in [-0.3, -0.25) is 9.69 Å². The zero-order chi connectivity index (χ0) is 19.1. The second-order valence-electron chi connectivity index (χ2n) is 6.76. The van der Waals surface area contributed by atoms with Gasteiger partial charge in [-0.25, -0.2) is 0 Å². The first-order chi connectivity index (χ1) is 13.2. The molecule has 1 N–H and O–H groups in total. The third-order valence-corrected chi connectivity index (χ3v) is 6.03. The van der Waals surface area contributed by atoms with E-state index in [0.717, 1.165) is 30.2 Å². The number of aryl methyl sites for hydroxylation is 1. The standard InChI is InChI=1S/C21H28N2O3S/c1-25-17-8-9-19(26-2)16(14-17)7-10-21(24)22-15-18(20-6-5-13-27-20)23-11-3-4-12-23/h5-6,8-9,13-14,18H,3-4,7,10-12,15H2,1-2H3,(H,22,24). The molecule has 1 aliphatic heterocycles. The third kappa shape index (κ3) is 5.23. The van der Waals surface area contributed by atoms with Crippen LogP contribution in [0.15, 0.2) is 35.7 Å². The lowest BCUT2D eigenvalue weighted by Crippen LogP contribution is -2.36. The predicted octanol–water partition coefficient (Wildman–Crippen LogP) is 3.65. The van der Waals surface area contributed by atoms with Crippen molar-refractivity contribution in [2.24, 2.45) is 0 Å². The number of rotatable bonds is 9. The van der Waals surface area contributed by atoms with E-state index in [4.69, 9.17) is 9.47 Å². The number of thiophene rings is 1. The minimum atomic E-state index is 0.0700. The lowest BCUT2D eigenvalue weighted by molar-refractivity contribution is -0.121. The molecule has 1 aromatic carbocycles. The number of methoxy groups -OCH3 is 2. The van der Waals surface area contributed by atoms with Crippen LogP contribution < -0.4 is 14.8 Å². The van der Waals surface area contributed by atoms with Gasteiger partial charge in [-0.2, -0.15) is 0 Å². The normalized spacial score (nSPS) is 15.5. The van der Waals surface area contributed by atoms with Crippen molar-refractivity contribution < 1.29 is 14.3 Å². The number of nitrogens with zero attached hydrogens (tertiary/aromatic N) is 1. The molecule has 5 nitrogen and oxygen atoms in total. The molecule has 1 aliphatic rings. The average Bonchev–Trinajstić information content (AvgIpc) is 3.41. The predicted molar refractivity (Wildman–Crippen MR) is 109 cm³/mol. The molecule has 1 aromatic heterocycles. The van der Waals surface area contributed by atoms with E-state index in [2.05, 4.69) is 27.7 Å². The highest BCUT2D eigenvalue weighted by Gasteiger charge is 2.24. The van der Waals surface area contributed by atoms with Crippen LogP contribution in [0.3, 0.4) is 0 Å². The molecular weight excluding hydrogens is 360 g/mol. The molecular formula is C21H28N2O3S. The molecule has 146 valence electrons. The Hall–Kier alpha value is -2.05. The molecule has 3 rings (SSSR count). The number of benzene rings is 1. The first kappa shape index (κ1) is 19.7. The number of carbonyl (C=O) groups excluding carboxylic acids is 1. The van der Waals surface area contributed by atoms with Crippen molar-refractivity contribution >= 4 is 17.2 Å². The van der Waals surface area contributed by atoms with Gasteiger partial charge in [0.05, 0.1) is 20.3 Å². The highest BCUT2D eigenvalue weighted by atomic mass is 32.1. The van der Waals surface area contributed by atoms with Gasteiger partial charge in [0.15, 0.2) is 0 Å². The number of ether oxygens (including phenoxy) is 2. The van der Waals surface area contributed by atoms with Gasteiger partial charge in [0.25, 0.3) is 0 Å². The number of amides is 1. The number of hydrogen-bond donors (Lipinski definition) is 1. The fourth-order valence-corrected chi connectivity index (χ4v) is 4.43. The molecule has 1 unspecified atom stereocenters. The Labute approximate surface area is 165 Å². The summed E-state index contributed by atoms with van der Waals surface area (Å²) >= 11 is 1.77. The Kier molecular flexibility index (Phi) is 7.12. The quantitative estimate of drug-likeness (QED) is 0.712. The van der Waals surface area contributed by atoms with Crippen molar-refractivity contribution in [2.45, 2.75) is 31.7 Å². The van der Waals surface area contributed by atoms with Crippen LogP contribution >= 0.6 is 11.3 Å². The summed E-state index contributed by atoms with van der Waals surface area (Å²) in [4.78, 5) is 16.3. The third-order valence-electron chi connectivity index (χ3n) is 5.05. The monoisotopic (exact) mass is 388 g/mol. The Bertz CT molecular complexity index is 727. The zero-order valence-electron chi connectivity index (χ0n) is 16.1. The Morgan fingerprint density at radius 2 is 2.04 bits per heavy atom.